The predicted molar refractivity (Wildman–Crippen MR) is 93.9 cm³/mol. The molecule has 1 aliphatic rings. The van der Waals surface area contributed by atoms with Crippen LogP contribution in [0, 0.1) is 20.8 Å². The van der Waals surface area contributed by atoms with E-state index in [-0.39, 0.29) is 0 Å². The Labute approximate surface area is 142 Å². The number of carbonyl (C=O) groups is 2. The molecule has 0 N–H and O–H groups in total. The Bertz CT molecular complexity index is 811. The lowest BCUT2D eigenvalue weighted by Gasteiger charge is -2.18. The van der Waals surface area contributed by atoms with Crippen molar-refractivity contribution in [3.05, 3.63) is 58.7 Å². The maximum absolute atomic E-state index is 12.2. The summed E-state index contributed by atoms with van der Waals surface area (Å²) >= 11 is 0. The minimum Gasteiger partial charge on any atom is -0.493 e. The van der Waals surface area contributed by atoms with Crippen molar-refractivity contribution in [2.45, 2.75) is 27.2 Å². The van der Waals surface area contributed by atoms with Crippen LogP contribution in [0.3, 0.4) is 0 Å². The van der Waals surface area contributed by atoms with Crippen molar-refractivity contribution in [3.63, 3.8) is 0 Å². The summed E-state index contributed by atoms with van der Waals surface area (Å²) in [4.78, 5) is 25.9. The summed E-state index contributed by atoms with van der Waals surface area (Å²) in [5.41, 5.74) is 4.53. The fourth-order valence-electron chi connectivity index (χ4n) is 3.04. The molecule has 2 aromatic carbocycles. The molecule has 1 heterocycles. The average Bonchev–Trinajstić information content (AvgIpc) is 2.81. The molecular weight excluding hydrogens is 302 g/mol. The van der Waals surface area contributed by atoms with Gasteiger partial charge in [-0.3, -0.25) is 9.59 Å². The van der Waals surface area contributed by atoms with Crippen LogP contribution in [0.1, 0.15) is 33.5 Å². The molecule has 124 valence electrons. The summed E-state index contributed by atoms with van der Waals surface area (Å²) in [6, 6.07) is 11.4. The van der Waals surface area contributed by atoms with E-state index in [0.29, 0.717) is 25.1 Å². The molecule has 0 fully saturated rings. The van der Waals surface area contributed by atoms with Crippen LogP contribution in [-0.4, -0.2) is 24.8 Å². The van der Waals surface area contributed by atoms with E-state index in [1.165, 1.54) is 5.56 Å². The number of ether oxygens (including phenoxy) is 1. The molecule has 0 saturated carbocycles. The quantitative estimate of drug-likeness (QED) is 0.624. The van der Waals surface area contributed by atoms with Crippen LogP contribution < -0.4 is 9.64 Å². The third-order valence-corrected chi connectivity index (χ3v) is 4.53. The van der Waals surface area contributed by atoms with Crippen molar-refractivity contribution < 1.29 is 14.3 Å². The fourth-order valence-corrected chi connectivity index (χ4v) is 3.04. The smallest absolute Gasteiger partial charge is 0.299 e. The summed E-state index contributed by atoms with van der Waals surface area (Å²) in [6.45, 7) is 6.99. The number of amides is 1. The second kappa shape index (κ2) is 6.48. The van der Waals surface area contributed by atoms with Gasteiger partial charge in [0.15, 0.2) is 0 Å². The van der Waals surface area contributed by atoms with Crippen LogP contribution in [0.25, 0.3) is 0 Å². The van der Waals surface area contributed by atoms with Gasteiger partial charge in [-0.2, -0.15) is 0 Å². The van der Waals surface area contributed by atoms with Crippen LogP contribution >= 0.6 is 0 Å². The van der Waals surface area contributed by atoms with Gasteiger partial charge in [-0.1, -0.05) is 24.3 Å². The number of benzene rings is 2. The first-order valence-electron chi connectivity index (χ1n) is 8.15. The zero-order chi connectivity index (χ0) is 17.3. The topological polar surface area (TPSA) is 46.6 Å². The highest BCUT2D eigenvalue weighted by atomic mass is 16.5. The van der Waals surface area contributed by atoms with Crippen LogP contribution in [0.5, 0.6) is 5.75 Å². The SMILES string of the molecule is Cc1cccc(OCCCN2C(=O)C(=O)c3cccc(C)c32)c1C. The van der Waals surface area contributed by atoms with E-state index in [4.69, 9.17) is 4.74 Å². The summed E-state index contributed by atoms with van der Waals surface area (Å²) in [5, 5.41) is 0. The van der Waals surface area contributed by atoms with Gasteiger partial charge < -0.3 is 9.64 Å². The lowest BCUT2D eigenvalue weighted by Crippen LogP contribution is -2.31. The molecule has 4 nitrogen and oxygen atoms in total. The summed E-state index contributed by atoms with van der Waals surface area (Å²) in [7, 11) is 0. The monoisotopic (exact) mass is 323 g/mol. The second-order valence-electron chi connectivity index (χ2n) is 6.16. The molecule has 2 aromatic rings. The minimum atomic E-state index is -0.439. The van der Waals surface area contributed by atoms with Crippen molar-refractivity contribution in [1.29, 1.82) is 0 Å². The van der Waals surface area contributed by atoms with E-state index in [0.717, 1.165) is 22.6 Å². The van der Waals surface area contributed by atoms with Crippen LogP contribution in [0.2, 0.25) is 0 Å². The highest BCUT2D eigenvalue weighted by molar-refractivity contribution is 6.52. The van der Waals surface area contributed by atoms with E-state index in [9.17, 15) is 9.59 Å². The Hall–Kier alpha value is -2.62. The summed E-state index contributed by atoms with van der Waals surface area (Å²) < 4.78 is 5.83. The number of nitrogens with zero attached hydrogens (tertiary/aromatic N) is 1. The Morgan fingerprint density at radius 3 is 2.46 bits per heavy atom. The number of ketones is 1. The van der Waals surface area contributed by atoms with Gasteiger partial charge in [0.2, 0.25) is 0 Å². The van der Waals surface area contributed by atoms with Crippen molar-refractivity contribution in [2.24, 2.45) is 0 Å². The van der Waals surface area contributed by atoms with E-state index in [1.54, 1.807) is 11.0 Å². The number of fused-ring (bicyclic) bond motifs is 1. The molecule has 0 atom stereocenters. The zero-order valence-electron chi connectivity index (χ0n) is 14.3. The van der Waals surface area contributed by atoms with Crippen molar-refractivity contribution in [1.82, 2.24) is 0 Å². The molecule has 0 bridgehead atoms. The normalized spacial score (nSPS) is 13.4. The predicted octanol–water partition coefficient (Wildman–Crippen LogP) is 3.61. The maximum Gasteiger partial charge on any atom is 0.299 e. The summed E-state index contributed by atoms with van der Waals surface area (Å²) in [6.07, 6.45) is 0.667. The number of carbonyl (C=O) groups excluding carboxylic acids is 2. The third kappa shape index (κ3) is 2.80. The second-order valence-corrected chi connectivity index (χ2v) is 6.16. The largest absolute Gasteiger partial charge is 0.493 e. The Kier molecular flexibility index (Phi) is 4.38. The lowest BCUT2D eigenvalue weighted by atomic mass is 10.1. The van der Waals surface area contributed by atoms with Gasteiger partial charge in [0.25, 0.3) is 11.7 Å². The van der Waals surface area contributed by atoms with E-state index in [2.05, 4.69) is 13.0 Å². The molecule has 0 unspecified atom stereocenters. The summed E-state index contributed by atoms with van der Waals surface area (Å²) in [5.74, 6) is 0.0191. The molecule has 1 aliphatic heterocycles. The van der Waals surface area contributed by atoms with Gasteiger partial charge in [-0.15, -0.1) is 0 Å². The standard InChI is InChI=1S/C20H21NO3/c1-13-7-5-10-17(15(13)3)24-12-6-11-21-18-14(2)8-4-9-16(18)19(22)20(21)23/h4-5,7-10H,6,11-12H2,1-3H3. The molecule has 0 saturated heterocycles. The first kappa shape index (κ1) is 16.2. The van der Waals surface area contributed by atoms with Crippen LogP contribution in [-0.2, 0) is 4.79 Å². The maximum atomic E-state index is 12.2. The van der Waals surface area contributed by atoms with Gasteiger partial charge in [0.05, 0.1) is 17.9 Å². The first-order chi connectivity index (χ1) is 11.5. The number of para-hydroxylation sites is 1. The van der Waals surface area contributed by atoms with E-state index in [1.807, 2.05) is 38.1 Å². The van der Waals surface area contributed by atoms with E-state index < -0.39 is 11.7 Å². The van der Waals surface area contributed by atoms with Gasteiger partial charge in [0.1, 0.15) is 5.75 Å². The van der Waals surface area contributed by atoms with Crippen molar-refractivity contribution >= 4 is 17.4 Å². The first-order valence-corrected chi connectivity index (χ1v) is 8.15. The molecule has 1 amide bonds. The third-order valence-electron chi connectivity index (χ3n) is 4.53. The van der Waals surface area contributed by atoms with Gasteiger partial charge in [-0.25, -0.2) is 0 Å². The molecule has 0 radical (unpaired) electrons. The Balaban J connectivity index is 1.65. The molecular formula is C20H21NO3. The van der Waals surface area contributed by atoms with Gasteiger partial charge in [0, 0.05) is 6.54 Å². The van der Waals surface area contributed by atoms with Crippen LogP contribution in [0.4, 0.5) is 5.69 Å². The number of hydrogen-bond donors (Lipinski definition) is 0. The van der Waals surface area contributed by atoms with Gasteiger partial charge >= 0.3 is 0 Å². The van der Waals surface area contributed by atoms with E-state index >= 15 is 0 Å². The number of Topliss-reactive ketones (excluding diaryl/α,β-unsaturated/α-hetero) is 1. The molecule has 4 heteroatoms. The van der Waals surface area contributed by atoms with Crippen molar-refractivity contribution in [2.75, 3.05) is 18.1 Å². The molecule has 0 aromatic heterocycles. The number of anilines is 1. The highest BCUT2D eigenvalue weighted by Gasteiger charge is 2.36. The minimum absolute atomic E-state index is 0.413. The lowest BCUT2D eigenvalue weighted by molar-refractivity contribution is -0.114. The fraction of sp³-hybridized carbons (Fsp3) is 0.300. The number of rotatable bonds is 5. The Morgan fingerprint density at radius 2 is 1.67 bits per heavy atom. The number of aryl methyl sites for hydroxylation is 2. The zero-order valence-corrected chi connectivity index (χ0v) is 14.3. The van der Waals surface area contributed by atoms with Gasteiger partial charge in [-0.05, 0) is 56.0 Å². The Morgan fingerprint density at radius 1 is 0.958 bits per heavy atom. The highest BCUT2D eigenvalue weighted by Crippen LogP contribution is 2.32. The van der Waals surface area contributed by atoms with Crippen molar-refractivity contribution in [3.8, 4) is 5.75 Å². The molecule has 24 heavy (non-hydrogen) atoms. The van der Waals surface area contributed by atoms with Crippen LogP contribution in [0.15, 0.2) is 36.4 Å². The molecule has 0 spiro atoms. The number of hydrogen-bond acceptors (Lipinski definition) is 3. The average molecular weight is 323 g/mol. The molecule has 0 aliphatic carbocycles. The molecule has 3 rings (SSSR count).